The summed E-state index contributed by atoms with van der Waals surface area (Å²) in [5.74, 6) is 0.847. The van der Waals surface area contributed by atoms with Crippen LogP contribution in [0.4, 0.5) is 5.82 Å². The fourth-order valence-corrected chi connectivity index (χ4v) is 4.78. The molecule has 0 spiro atoms. The standard InChI is InChI=1S/C21H20N4O3S2/c1-3-15-10-16-19(30-15)23-21(25(20(16)27)11-14-7-5-4-6-8-14)29-12-18(26)22-17-9-13(2)28-24-17/h4-10H,3,11-12H2,1-2H3,(H,22,24,26). The molecular formula is C21H20N4O3S2. The van der Waals surface area contributed by atoms with E-state index in [9.17, 15) is 9.59 Å². The highest BCUT2D eigenvalue weighted by molar-refractivity contribution is 7.99. The summed E-state index contributed by atoms with van der Waals surface area (Å²) in [4.78, 5) is 32.1. The molecule has 1 amide bonds. The van der Waals surface area contributed by atoms with Gasteiger partial charge in [0.2, 0.25) is 5.91 Å². The molecule has 0 atom stereocenters. The van der Waals surface area contributed by atoms with Crippen molar-refractivity contribution in [1.29, 1.82) is 0 Å². The maximum absolute atomic E-state index is 13.2. The fraction of sp³-hybridized carbons (Fsp3) is 0.238. The Hall–Kier alpha value is -2.91. The van der Waals surface area contributed by atoms with E-state index in [1.54, 1.807) is 17.6 Å². The number of aromatic nitrogens is 3. The average Bonchev–Trinajstić information content (AvgIpc) is 3.35. The third kappa shape index (κ3) is 4.47. The molecule has 0 aliphatic heterocycles. The van der Waals surface area contributed by atoms with Gasteiger partial charge in [-0.3, -0.25) is 14.2 Å². The first-order valence-corrected chi connectivity index (χ1v) is 11.3. The molecule has 3 heterocycles. The molecule has 0 bridgehead atoms. The van der Waals surface area contributed by atoms with Crippen LogP contribution in [0.15, 0.2) is 56.9 Å². The summed E-state index contributed by atoms with van der Waals surface area (Å²) < 4.78 is 6.60. The summed E-state index contributed by atoms with van der Waals surface area (Å²) >= 11 is 2.75. The Kier molecular flexibility index (Phi) is 6.01. The van der Waals surface area contributed by atoms with Gasteiger partial charge in [-0.05, 0) is 25.0 Å². The minimum Gasteiger partial charge on any atom is -0.360 e. The van der Waals surface area contributed by atoms with Gasteiger partial charge in [-0.1, -0.05) is 54.2 Å². The molecule has 1 N–H and O–H groups in total. The normalized spacial score (nSPS) is 11.1. The highest BCUT2D eigenvalue weighted by Gasteiger charge is 2.16. The van der Waals surface area contributed by atoms with Crippen molar-refractivity contribution in [3.8, 4) is 0 Å². The fourth-order valence-electron chi connectivity index (χ4n) is 2.97. The number of fused-ring (bicyclic) bond motifs is 1. The molecular weight excluding hydrogens is 420 g/mol. The van der Waals surface area contributed by atoms with E-state index in [2.05, 4.69) is 17.4 Å². The number of thiophene rings is 1. The lowest BCUT2D eigenvalue weighted by Crippen LogP contribution is -2.24. The van der Waals surface area contributed by atoms with Gasteiger partial charge in [-0.15, -0.1) is 11.3 Å². The molecule has 0 aliphatic carbocycles. The van der Waals surface area contributed by atoms with Crippen LogP contribution in [0.5, 0.6) is 0 Å². The highest BCUT2D eigenvalue weighted by Crippen LogP contribution is 2.25. The molecule has 7 nitrogen and oxygen atoms in total. The predicted octanol–water partition coefficient (Wildman–Crippen LogP) is 4.10. The molecule has 0 saturated carbocycles. The van der Waals surface area contributed by atoms with Crippen LogP contribution < -0.4 is 10.9 Å². The van der Waals surface area contributed by atoms with Crippen LogP contribution in [0.3, 0.4) is 0 Å². The van der Waals surface area contributed by atoms with E-state index in [1.165, 1.54) is 23.1 Å². The molecule has 30 heavy (non-hydrogen) atoms. The largest absolute Gasteiger partial charge is 0.360 e. The topological polar surface area (TPSA) is 90.0 Å². The monoisotopic (exact) mass is 440 g/mol. The number of aryl methyl sites for hydroxylation is 2. The quantitative estimate of drug-likeness (QED) is 0.344. The Morgan fingerprint density at radius 1 is 1.27 bits per heavy atom. The van der Waals surface area contributed by atoms with Crippen LogP contribution in [-0.2, 0) is 17.8 Å². The van der Waals surface area contributed by atoms with Crippen molar-refractivity contribution in [3.63, 3.8) is 0 Å². The van der Waals surface area contributed by atoms with Crippen LogP contribution in [0, 0.1) is 6.92 Å². The Balaban J connectivity index is 1.63. The van der Waals surface area contributed by atoms with Gasteiger partial charge in [0.1, 0.15) is 10.6 Å². The zero-order chi connectivity index (χ0) is 21.1. The number of carbonyl (C=O) groups is 1. The number of anilines is 1. The molecule has 1 aromatic carbocycles. The van der Waals surface area contributed by atoms with Crippen LogP contribution in [0.1, 0.15) is 23.1 Å². The summed E-state index contributed by atoms with van der Waals surface area (Å²) in [5.41, 5.74) is 0.908. The van der Waals surface area contributed by atoms with Gasteiger partial charge in [-0.2, -0.15) is 0 Å². The van der Waals surface area contributed by atoms with Gasteiger partial charge in [-0.25, -0.2) is 4.98 Å². The summed E-state index contributed by atoms with van der Waals surface area (Å²) in [7, 11) is 0. The first-order valence-electron chi connectivity index (χ1n) is 9.46. The summed E-state index contributed by atoms with van der Waals surface area (Å²) in [6.07, 6.45) is 0.848. The molecule has 0 saturated heterocycles. The van der Waals surface area contributed by atoms with Gasteiger partial charge in [0.15, 0.2) is 11.0 Å². The van der Waals surface area contributed by atoms with Crippen LogP contribution in [0.2, 0.25) is 0 Å². The number of amides is 1. The minimum atomic E-state index is -0.241. The zero-order valence-corrected chi connectivity index (χ0v) is 18.2. The van der Waals surface area contributed by atoms with Crippen LogP contribution in [0.25, 0.3) is 10.2 Å². The molecule has 9 heteroatoms. The smallest absolute Gasteiger partial charge is 0.263 e. The maximum Gasteiger partial charge on any atom is 0.263 e. The molecule has 154 valence electrons. The average molecular weight is 441 g/mol. The lowest BCUT2D eigenvalue weighted by Gasteiger charge is -2.12. The van der Waals surface area contributed by atoms with Crippen molar-refractivity contribution < 1.29 is 9.32 Å². The Morgan fingerprint density at radius 3 is 2.77 bits per heavy atom. The number of nitrogens with zero attached hydrogens (tertiary/aromatic N) is 3. The van der Waals surface area contributed by atoms with E-state index in [0.717, 1.165) is 16.9 Å². The Morgan fingerprint density at radius 2 is 2.07 bits per heavy atom. The first-order chi connectivity index (χ1) is 14.5. The van der Waals surface area contributed by atoms with Crippen molar-refractivity contribution in [2.75, 3.05) is 11.1 Å². The Bertz CT molecular complexity index is 1240. The third-order valence-corrected chi connectivity index (χ3v) is 6.58. The summed E-state index contributed by atoms with van der Waals surface area (Å²) in [5, 5.41) is 7.60. The van der Waals surface area contributed by atoms with E-state index in [4.69, 9.17) is 9.51 Å². The van der Waals surface area contributed by atoms with Gasteiger partial charge in [0.05, 0.1) is 17.7 Å². The molecule has 3 aromatic heterocycles. The minimum absolute atomic E-state index is 0.0881. The van der Waals surface area contributed by atoms with Crippen molar-refractivity contribution >= 4 is 45.0 Å². The number of benzene rings is 1. The number of hydrogen-bond acceptors (Lipinski definition) is 7. The third-order valence-electron chi connectivity index (χ3n) is 4.43. The number of rotatable bonds is 7. The van der Waals surface area contributed by atoms with Gasteiger partial charge >= 0.3 is 0 Å². The summed E-state index contributed by atoms with van der Waals surface area (Å²) in [6, 6.07) is 13.3. The second-order valence-electron chi connectivity index (χ2n) is 6.72. The van der Waals surface area contributed by atoms with Crippen LogP contribution in [-0.4, -0.2) is 26.4 Å². The Labute approximate surface area is 181 Å². The van der Waals surface area contributed by atoms with Crippen molar-refractivity contribution in [2.45, 2.75) is 32.0 Å². The molecule has 0 radical (unpaired) electrons. The first kappa shape index (κ1) is 20.4. The lowest BCUT2D eigenvalue weighted by atomic mass is 10.2. The van der Waals surface area contributed by atoms with E-state index in [0.29, 0.717) is 33.5 Å². The molecule has 0 aliphatic rings. The van der Waals surface area contributed by atoms with E-state index >= 15 is 0 Å². The second kappa shape index (κ2) is 8.85. The van der Waals surface area contributed by atoms with Gasteiger partial charge in [0, 0.05) is 10.9 Å². The van der Waals surface area contributed by atoms with Gasteiger partial charge in [0.25, 0.3) is 5.56 Å². The number of carbonyl (C=O) groups excluding carboxylic acids is 1. The summed E-state index contributed by atoms with van der Waals surface area (Å²) in [6.45, 7) is 4.20. The van der Waals surface area contributed by atoms with E-state index in [-0.39, 0.29) is 17.2 Å². The maximum atomic E-state index is 13.2. The van der Waals surface area contributed by atoms with Crippen molar-refractivity contribution in [1.82, 2.24) is 14.7 Å². The predicted molar refractivity (Wildman–Crippen MR) is 119 cm³/mol. The van der Waals surface area contributed by atoms with Crippen molar-refractivity contribution in [2.24, 2.45) is 0 Å². The molecule has 4 aromatic rings. The number of hydrogen-bond donors (Lipinski definition) is 1. The number of nitrogens with one attached hydrogen (secondary N) is 1. The van der Waals surface area contributed by atoms with Gasteiger partial charge < -0.3 is 9.84 Å². The number of thioether (sulfide) groups is 1. The SMILES string of the molecule is CCc1cc2c(=O)n(Cc3ccccc3)c(SCC(=O)Nc3cc(C)on3)nc2s1. The zero-order valence-electron chi connectivity index (χ0n) is 16.5. The van der Waals surface area contributed by atoms with Crippen molar-refractivity contribution in [3.05, 3.63) is 69.0 Å². The molecule has 0 fully saturated rings. The molecule has 4 rings (SSSR count). The van der Waals surface area contributed by atoms with E-state index in [1.807, 2.05) is 36.4 Å². The van der Waals surface area contributed by atoms with Crippen LogP contribution >= 0.6 is 23.1 Å². The lowest BCUT2D eigenvalue weighted by molar-refractivity contribution is -0.113. The van der Waals surface area contributed by atoms with E-state index < -0.39 is 0 Å². The second-order valence-corrected chi connectivity index (χ2v) is 8.77. The molecule has 0 unspecified atom stereocenters. The highest BCUT2D eigenvalue weighted by atomic mass is 32.2.